The lowest BCUT2D eigenvalue weighted by atomic mass is 10.1. The molecule has 32 heavy (non-hydrogen) atoms. The first-order valence-electron chi connectivity index (χ1n) is 10.3. The van der Waals surface area contributed by atoms with Gasteiger partial charge in [-0.15, -0.1) is 5.10 Å². The van der Waals surface area contributed by atoms with Crippen molar-refractivity contribution in [2.45, 2.75) is 13.3 Å². The summed E-state index contributed by atoms with van der Waals surface area (Å²) in [5.74, 6) is 3.45. The van der Waals surface area contributed by atoms with E-state index < -0.39 is 0 Å². The molecular weight excluding hydrogens is 406 g/mol. The van der Waals surface area contributed by atoms with Crippen LogP contribution < -0.4 is 10.1 Å². The van der Waals surface area contributed by atoms with Gasteiger partial charge in [0.15, 0.2) is 11.6 Å². The number of anilines is 2. The van der Waals surface area contributed by atoms with E-state index >= 15 is 0 Å². The monoisotopic (exact) mass is 427 g/mol. The SMILES string of the molecule is Cc1c(-c2ccn(C)n2)cn2nc(-c3nccn3C)nc(Nc3nccc4c3CCO4)c12. The molecule has 0 fully saturated rings. The summed E-state index contributed by atoms with van der Waals surface area (Å²) >= 11 is 0. The van der Waals surface area contributed by atoms with E-state index in [0.717, 1.165) is 45.9 Å². The van der Waals surface area contributed by atoms with Gasteiger partial charge in [-0.3, -0.25) is 4.68 Å². The highest BCUT2D eigenvalue weighted by Gasteiger charge is 2.22. The summed E-state index contributed by atoms with van der Waals surface area (Å²) in [5, 5.41) is 12.8. The normalized spacial score (nSPS) is 12.8. The second-order valence-electron chi connectivity index (χ2n) is 7.84. The number of aryl methyl sites for hydroxylation is 3. The van der Waals surface area contributed by atoms with Crippen LogP contribution in [0.1, 0.15) is 11.1 Å². The van der Waals surface area contributed by atoms with Crippen molar-refractivity contribution >= 4 is 17.2 Å². The molecule has 0 amide bonds. The zero-order chi connectivity index (χ0) is 21.8. The van der Waals surface area contributed by atoms with Gasteiger partial charge < -0.3 is 14.6 Å². The van der Waals surface area contributed by atoms with E-state index in [9.17, 15) is 0 Å². The Morgan fingerprint density at radius 2 is 1.94 bits per heavy atom. The van der Waals surface area contributed by atoms with Gasteiger partial charge in [-0.2, -0.15) is 5.10 Å². The first-order valence-corrected chi connectivity index (χ1v) is 10.3. The first-order chi connectivity index (χ1) is 15.6. The predicted octanol–water partition coefficient (Wildman–Crippen LogP) is 2.91. The molecule has 0 atom stereocenters. The number of pyridine rings is 1. The van der Waals surface area contributed by atoms with Crippen LogP contribution in [0.2, 0.25) is 0 Å². The molecule has 0 spiro atoms. The van der Waals surface area contributed by atoms with Crippen LogP contribution in [0.4, 0.5) is 11.6 Å². The Morgan fingerprint density at radius 1 is 1.03 bits per heavy atom. The Bertz CT molecular complexity index is 1480. The molecular formula is C22H21N9O. The summed E-state index contributed by atoms with van der Waals surface area (Å²) in [6.45, 7) is 2.71. The lowest BCUT2D eigenvalue weighted by molar-refractivity contribution is 0.356. The molecule has 0 saturated carbocycles. The maximum absolute atomic E-state index is 5.71. The topological polar surface area (TPSA) is 100.0 Å². The van der Waals surface area contributed by atoms with Gasteiger partial charge in [0.25, 0.3) is 0 Å². The molecule has 1 aliphatic rings. The largest absolute Gasteiger partial charge is 0.493 e. The van der Waals surface area contributed by atoms with Crippen LogP contribution in [0, 0.1) is 6.92 Å². The van der Waals surface area contributed by atoms with Crippen LogP contribution in [-0.4, -0.2) is 45.5 Å². The summed E-state index contributed by atoms with van der Waals surface area (Å²) in [6.07, 6.45) is 10.1. The lowest BCUT2D eigenvalue weighted by Crippen LogP contribution is -2.07. The van der Waals surface area contributed by atoms with Gasteiger partial charge in [0.05, 0.1) is 12.3 Å². The van der Waals surface area contributed by atoms with E-state index in [1.165, 1.54) is 0 Å². The third-order valence-electron chi connectivity index (χ3n) is 5.75. The average molecular weight is 427 g/mol. The summed E-state index contributed by atoms with van der Waals surface area (Å²) in [7, 11) is 3.83. The number of hydrogen-bond donors (Lipinski definition) is 1. The molecule has 0 aromatic carbocycles. The molecule has 6 heterocycles. The van der Waals surface area contributed by atoms with Gasteiger partial charge in [0, 0.05) is 62.6 Å². The van der Waals surface area contributed by atoms with Crippen molar-refractivity contribution in [3.05, 3.63) is 54.2 Å². The van der Waals surface area contributed by atoms with Crippen molar-refractivity contribution < 1.29 is 4.74 Å². The zero-order valence-corrected chi connectivity index (χ0v) is 17.9. The number of hydrogen-bond acceptors (Lipinski definition) is 7. The van der Waals surface area contributed by atoms with Gasteiger partial charge in [-0.1, -0.05) is 0 Å². The van der Waals surface area contributed by atoms with Gasteiger partial charge >= 0.3 is 0 Å². The van der Waals surface area contributed by atoms with Crippen LogP contribution in [-0.2, 0) is 20.5 Å². The zero-order valence-electron chi connectivity index (χ0n) is 17.9. The van der Waals surface area contributed by atoms with Crippen molar-refractivity contribution in [1.82, 2.24) is 38.9 Å². The van der Waals surface area contributed by atoms with Gasteiger partial charge in [-0.05, 0) is 24.6 Å². The van der Waals surface area contributed by atoms with Crippen LogP contribution in [0.5, 0.6) is 5.75 Å². The Kier molecular flexibility index (Phi) is 4.00. The number of rotatable bonds is 4. The maximum Gasteiger partial charge on any atom is 0.218 e. The van der Waals surface area contributed by atoms with Gasteiger partial charge in [0.1, 0.15) is 17.1 Å². The number of nitrogens with one attached hydrogen (secondary N) is 1. The molecule has 0 unspecified atom stereocenters. The molecule has 0 radical (unpaired) electrons. The van der Waals surface area contributed by atoms with E-state index in [1.54, 1.807) is 17.1 Å². The highest BCUT2D eigenvalue weighted by molar-refractivity contribution is 5.84. The van der Waals surface area contributed by atoms with Crippen molar-refractivity contribution in [2.75, 3.05) is 11.9 Å². The molecule has 5 aromatic rings. The number of imidazole rings is 1. The molecule has 160 valence electrons. The molecule has 0 bridgehead atoms. The first kappa shape index (κ1) is 18.6. The van der Waals surface area contributed by atoms with Crippen LogP contribution in [0.3, 0.4) is 0 Å². The highest BCUT2D eigenvalue weighted by Crippen LogP contribution is 2.35. The van der Waals surface area contributed by atoms with Gasteiger partial charge in [-0.25, -0.2) is 19.5 Å². The highest BCUT2D eigenvalue weighted by atomic mass is 16.5. The molecule has 6 rings (SSSR count). The minimum absolute atomic E-state index is 0.513. The number of fused-ring (bicyclic) bond motifs is 2. The van der Waals surface area contributed by atoms with Gasteiger partial charge in [0.2, 0.25) is 5.82 Å². The van der Waals surface area contributed by atoms with Crippen LogP contribution >= 0.6 is 0 Å². The smallest absolute Gasteiger partial charge is 0.218 e. The molecule has 0 aliphatic carbocycles. The van der Waals surface area contributed by atoms with Crippen molar-refractivity contribution in [2.24, 2.45) is 14.1 Å². The fourth-order valence-corrected chi connectivity index (χ4v) is 4.15. The Hall–Kier alpha value is -4.21. The predicted molar refractivity (Wildman–Crippen MR) is 119 cm³/mol. The summed E-state index contributed by atoms with van der Waals surface area (Å²) in [4.78, 5) is 13.9. The molecule has 10 nitrogen and oxygen atoms in total. The Labute approximate surface area is 183 Å². The maximum atomic E-state index is 5.71. The van der Waals surface area contributed by atoms with E-state index in [2.05, 4.69) is 27.3 Å². The minimum Gasteiger partial charge on any atom is -0.493 e. The number of aromatic nitrogens is 8. The third-order valence-corrected chi connectivity index (χ3v) is 5.75. The number of nitrogens with zero attached hydrogens (tertiary/aromatic N) is 8. The van der Waals surface area contributed by atoms with Crippen LogP contribution in [0.25, 0.3) is 28.4 Å². The van der Waals surface area contributed by atoms with E-state index in [0.29, 0.717) is 24.1 Å². The fraction of sp³-hybridized carbons (Fsp3) is 0.227. The molecule has 1 N–H and O–H groups in total. The minimum atomic E-state index is 0.513. The Morgan fingerprint density at radius 3 is 2.72 bits per heavy atom. The van der Waals surface area contributed by atoms with E-state index in [1.807, 2.05) is 53.9 Å². The molecule has 1 aliphatic heterocycles. The second kappa shape index (κ2) is 6.91. The standard InChI is InChI=1S/C22H21N9O/c1-13-15(16-5-9-30(3)27-16)12-31-18(13)20(26-21(28-31)22-24-8-10-29(22)2)25-19-14-6-11-32-17(14)4-7-23-19/h4-5,7-10,12H,6,11H2,1-3H3,(H,23,25,26,28). The number of ether oxygens (including phenoxy) is 1. The van der Waals surface area contributed by atoms with Crippen molar-refractivity contribution in [1.29, 1.82) is 0 Å². The summed E-state index contributed by atoms with van der Waals surface area (Å²) in [5.41, 5.74) is 4.82. The van der Waals surface area contributed by atoms with E-state index in [-0.39, 0.29) is 0 Å². The average Bonchev–Trinajstić information content (AvgIpc) is 3.55. The van der Waals surface area contributed by atoms with E-state index in [4.69, 9.17) is 14.8 Å². The lowest BCUT2D eigenvalue weighted by Gasteiger charge is -2.12. The molecule has 10 heteroatoms. The molecule has 0 saturated heterocycles. The van der Waals surface area contributed by atoms with Crippen molar-refractivity contribution in [3.63, 3.8) is 0 Å². The molecule has 5 aromatic heterocycles. The fourth-order valence-electron chi connectivity index (χ4n) is 4.15. The summed E-state index contributed by atoms with van der Waals surface area (Å²) in [6, 6.07) is 3.88. The summed E-state index contributed by atoms with van der Waals surface area (Å²) < 4.78 is 11.2. The Balaban J connectivity index is 1.57. The van der Waals surface area contributed by atoms with Crippen molar-refractivity contribution in [3.8, 4) is 28.7 Å². The quantitative estimate of drug-likeness (QED) is 0.471. The van der Waals surface area contributed by atoms with Crippen LogP contribution in [0.15, 0.2) is 43.1 Å². The third kappa shape index (κ3) is 2.83. The second-order valence-corrected chi connectivity index (χ2v) is 7.84.